The minimum Gasteiger partial charge on any atom is -0.404 e. The number of allylic oxidation sites excluding steroid dienone is 7. The average molecular weight is 333 g/mol. The fraction of sp³-hybridized carbons (Fsp3) is 0.167. The monoisotopic (exact) mass is 332 g/mol. The van der Waals surface area contributed by atoms with Crippen LogP contribution in [-0.4, -0.2) is 13.3 Å². The first-order chi connectivity index (χ1) is 10.6. The third-order valence-corrected chi connectivity index (χ3v) is 3.89. The third-order valence-electron chi connectivity index (χ3n) is 3.40. The summed E-state index contributed by atoms with van der Waals surface area (Å²) in [6.07, 6.45) is 10.6. The predicted molar refractivity (Wildman–Crippen MR) is 98.1 cm³/mol. The largest absolute Gasteiger partial charge is 0.404 e. The second-order valence-corrected chi connectivity index (χ2v) is 5.78. The van der Waals surface area contributed by atoms with E-state index in [1.807, 2.05) is 30.5 Å². The summed E-state index contributed by atoms with van der Waals surface area (Å²) in [6, 6.07) is 8.25. The number of rotatable bonds is 4. The Hall–Kier alpha value is -1.77. The number of nitrogens with two attached hydrogens (primary N) is 1. The van der Waals surface area contributed by atoms with Crippen LogP contribution in [0.4, 0.5) is 0 Å². The molecule has 0 unspecified atom stereocenters. The van der Waals surface area contributed by atoms with Gasteiger partial charge < -0.3 is 10.7 Å². The van der Waals surface area contributed by atoms with Gasteiger partial charge in [0.1, 0.15) is 0 Å². The Morgan fingerprint density at radius 3 is 2.82 bits per heavy atom. The van der Waals surface area contributed by atoms with Crippen molar-refractivity contribution in [2.45, 2.75) is 12.8 Å². The number of nitrogens with zero attached hydrogens (tertiary/aromatic N) is 1. The SMILES string of the molecule is C/N=C\C/C(=C\N)c1cccc(C2=CC(Cl)=CC(Cl)=CC2)c1. The smallest absolute Gasteiger partial charge is 0.0423 e. The van der Waals surface area contributed by atoms with Gasteiger partial charge in [-0.2, -0.15) is 0 Å². The molecule has 0 atom stereocenters. The summed E-state index contributed by atoms with van der Waals surface area (Å²) in [4.78, 5) is 4.01. The Bertz CT molecular complexity index is 695. The summed E-state index contributed by atoms with van der Waals surface area (Å²) < 4.78 is 0. The van der Waals surface area contributed by atoms with Gasteiger partial charge in [-0.05, 0) is 53.1 Å². The van der Waals surface area contributed by atoms with Crippen molar-refractivity contribution in [3.63, 3.8) is 0 Å². The molecule has 0 saturated carbocycles. The van der Waals surface area contributed by atoms with Crippen LogP contribution < -0.4 is 5.73 Å². The molecule has 1 aromatic carbocycles. The van der Waals surface area contributed by atoms with Crippen LogP contribution in [0.15, 0.2) is 63.8 Å². The molecule has 2 N–H and O–H groups in total. The lowest BCUT2D eigenvalue weighted by Gasteiger charge is -2.09. The van der Waals surface area contributed by atoms with Crippen molar-refractivity contribution in [2.75, 3.05) is 7.05 Å². The first kappa shape index (κ1) is 16.6. The number of hydrogen-bond acceptors (Lipinski definition) is 2. The maximum atomic E-state index is 6.17. The highest BCUT2D eigenvalue weighted by Gasteiger charge is 2.08. The minimum atomic E-state index is 0.631. The van der Waals surface area contributed by atoms with E-state index in [9.17, 15) is 0 Å². The van der Waals surface area contributed by atoms with Crippen molar-refractivity contribution < 1.29 is 0 Å². The zero-order valence-corrected chi connectivity index (χ0v) is 13.9. The molecule has 0 bridgehead atoms. The summed E-state index contributed by atoms with van der Waals surface area (Å²) in [5, 5.41) is 1.29. The third kappa shape index (κ3) is 4.36. The van der Waals surface area contributed by atoms with Crippen LogP contribution in [0.3, 0.4) is 0 Å². The van der Waals surface area contributed by atoms with E-state index >= 15 is 0 Å². The fourth-order valence-electron chi connectivity index (χ4n) is 2.26. The number of benzene rings is 1. The van der Waals surface area contributed by atoms with E-state index in [1.54, 1.807) is 19.3 Å². The van der Waals surface area contributed by atoms with Gasteiger partial charge in [0.05, 0.1) is 0 Å². The van der Waals surface area contributed by atoms with Gasteiger partial charge in [-0.25, -0.2) is 0 Å². The molecule has 1 aromatic rings. The van der Waals surface area contributed by atoms with E-state index in [0.717, 1.165) is 28.7 Å². The van der Waals surface area contributed by atoms with Gasteiger partial charge in [0.25, 0.3) is 0 Å². The first-order valence-electron chi connectivity index (χ1n) is 6.99. The van der Waals surface area contributed by atoms with E-state index in [-0.39, 0.29) is 0 Å². The predicted octanol–water partition coefficient (Wildman–Crippen LogP) is 5.11. The molecule has 22 heavy (non-hydrogen) atoms. The van der Waals surface area contributed by atoms with Crippen LogP contribution in [-0.2, 0) is 0 Å². The summed E-state index contributed by atoms with van der Waals surface area (Å²) in [5.41, 5.74) is 10.1. The van der Waals surface area contributed by atoms with Crippen LogP contribution in [0.1, 0.15) is 24.0 Å². The van der Waals surface area contributed by atoms with E-state index in [1.165, 1.54) is 0 Å². The molecule has 0 amide bonds. The second kappa shape index (κ2) is 8.02. The van der Waals surface area contributed by atoms with Crippen molar-refractivity contribution in [3.05, 3.63) is 69.9 Å². The maximum absolute atomic E-state index is 6.17. The van der Waals surface area contributed by atoms with Gasteiger partial charge in [-0.1, -0.05) is 47.5 Å². The standard InChI is InChI=1S/C18H18Cl2N2/c1-22-8-7-16(12-21)14-4-2-3-13(9-14)15-5-6-17(19)11-18(20)10-15/h2-4,6,8-12H,5,7,21H2,1H3/b16-12+,22-8-. The van der Waals surface area contributed by atoms with Crippen LogP contribution >= 0.6 is 23.2 Å². The Balaban J connectivity index is 2.35. The molecular formula is C18H18Cl2N2. The van der Waals surface area contributed by atoms with Crippen molar-refractivity contribution >= 4 is 40.6 Å². The molecule has 0 spiro atoms. The highest BCUT2D eigenvalue weighted by atomic mass is 35.5. The molecule has 114 valence electrons. The Kier molecular flexibility index (Phi) is 6.05. The number of aliphatic imine (C=N–C) groups is 1. The molecule has 1 aliphatic carbocycles. The zero-order chi connectivity index (χ0) is 15.9. The lowest BCUT2D eigenvalue weighted by molar-refractivity contribution is 1.36. The molecule has 0 aromatic heterocycles. The van der Waals surface area contributed by atoms with Crippen molar-refractivity contribution in [3.8, 4) is 0 Å². The average Bonchev–Trinajstić information content (AvgIpc) is 2.69. The van der Waals surface area contributed by atoms with Crippen molar-refractivity contribution in [1.29, 1.82) is 0 Å². The molecular weight excluding hydrogens is 315 g/mol. The Labute approximate surface area is 141 Å². The molecule has 0 fully saturated rings. The van der Waals surface area contributed by atoms with Crippen LogP contribution in [0.25, 0.3) is 11.1 Å². The molecule has 0 heterocycles. The molecule has 0 radical (unpaired) electrons. The van der Waals surface area contributed by atoms with Crippen LogP contribution in [0, 0.1) is 0 Å². The summed E-state index contributed by atoms with van der Waals surface area (Å²) >= 11 is 12.2. The summed E-state index contributed by atoms with van der Waals surface area (Å²) in [7, 11) is 1.76. The molecule has 2 rings (SSSR count). The first-order valence-corrected chi connectivity index (χ1v) is 7.75. The maximum Gasteiger partial charge on any atom is 0.0423 e. The van der Waals surface area contributed by atoms with Crippen LogP contribution in [0.5, 0.6) is 0 Å². The van der Waals surface area contributed by atoms with Gasteiger partial charge >= 0.3 is 0 Å². The number of halogens is 2. The number of hydrogen-bond donors (Lipinski definition) is 1. The summed E-state index contributed by atoms with van der Waals surface area (Å²) in [5.74, 6) is 0. The van der Waals surface area contributed by atoms with E-state index in [2.05, 4.69) is 17.1 Å². The normalized spacial score (nSPS) is 16.1. The zero-order valence-electron chi connectivity index (χ0n) is 12.4. The topological polar surface area (TPSA) is 38.4 Å². The molecule has 0 saturated heterocycles. The summed E-state index contributed by atoms with van der Waals surface area (Å²) in [6.45, 7) is 0. The molecule has 0 aliphatic heterocycles. The highest BCUT2D eigenvalue weighted by Crippen LogP contribution is 2.29. The second-order valence-electron chi connectivity index (χ2n) is 4.91. The van der Waals surface area contributed by atoms with Crippen LogP contribution in [0.2, 0.25) is 0 Å². The van der Waals surface area contributed by atoms with Gasteiger partial charge in [-0.3, -0.25) is 0 Å². The Morgan fingerprint density at radius 2 is 2.09 bits per heavy atom. The van der Waals surface area contributed by atoms with Gasteiger partial charge in [0.2, 0.25) is 0 Å². The van der Waals surface area contributed by atoms with E-state index in [4.69, 9.17) is 28.9 Å². The Morgan fingerprint density at radius 1 is 1.27 bits per heavy atom. The lowest BCUT2D eigenvalue weighted by atomic mass is 9.96. The van der Waals surface area contributed by atoms with Crippen molar-refractivity contribution in [2.24, 2.45) is 10.7 Å². The van der Waals surface area contributed by atoms with Gasteiger partial charge in [0.15, 0.2) is 0 Å². The highest BCUT2D eigenvalue weighted by molar-refractivity contribution is 6.36. The minimum absolute atomic E-state index is 0.631. The molecule has 1 aliphatic rings. The fourth-order valence-corrected chi connectivity index (χ4v) is 2.76. The van der Waals surface area contributed by atoms with Crippen molar-refractivity contribution in [1.82, 2.24) is 0 Å². The quantitative estimate of drug-likeness (QED) is 0.764. The lowest BCUT2D eigenvalue weighted by Crippen LogP contribution is -1.93. The molecule has 2 nitrogen and oxygen atoms in total. The van der Waals surface area contributed by atoms with E-state index < -0.39 is 0 Å². The molecule has 4 heteroatoms. The van der Waals surface area contributed by atoms with Gasteiger partial charge in [0, 0.05) is 29.7 Å². The van der Waals surface area contributed by atoms with Gasteiger partial charge in [-0.15, -0.1) is 0 Å². The van der Waals surface area contributed by atoms with E-state index in [0.29, 0.717) is 16.5 Å².